The van der Waals surface area contributed by atoms with Gasteiger partial charge in [-0.05, 0) is 12.1 Å². The maximum atomic E-state index is 11.8. The smallest absolute Gasteiger partial charge is 0.325 e. The number of H-pyrrole nitrogens is 1. The monoisotopic (exact) mass is 322 g/mol. The average molecular weight is 322 g/mol. The fraction of sp³-hybridized carbons (Fsp3) is 0.385. The number of carbonyl (C=O) groups excluding carboxylic acids is 2. The minimum absolute atomic E-state index is 0.205. The molecule has 0 aliphatic rings. The number of aromatic hydroxyl groups is 1. The van der Waals surface area contributed by atoms with Crippen LogP contribution in [-0.4, -0.2) is 56.2 Å². The van der Waals surface area contributed by atoms with Crippen molar-refractivity contribution in [1.29, 1.82) is 0 Å². The van der Waals surface area contributed by atoms with E-state index < -0.39 is 11.9 Å². The van der Waals surface area contributed by atoms with Crippen LogP contribution in [0.5, 0.6) is 5.75 Å². The summed E-state index contributed by atoms with van der Waals surface area (Å²) in [7, 11) is 1.20. The number of ether oxygens (including phenoxy) is 1. The van der Waals surface area contributed by atoms with Crippen molar-refractivity contribution >= 4 is 11.9 Å². The molecule has 10 heteroatoms. The summed E-state index contributed by atoms with van der Waals surface area (Å²) in [5.41, 5.74) is 0.601. The van der Waals surface area contributed by atoms with Crippen LogP contribution in [0.25, 0.3) is 11.4 Å². The molecule has 0 aliphatic carbocycles. The van der Waals surface area contributed by atoms with Gasteiger partial charge < -0.3 is 15.2 Å². The molecular formula is C13H18N6O4. The first-order chi connectivity index (χ1) is 11.0. The molecule has 2 aromatic rings. The summed E-state index contributed by atoms with van der Waals surface area (Å²) in [6.45, 7) is 5.27. The Morgan fingerprint density at radius 2 is 2.09 bits per heavy atom. The molecule has 0 radical (unpaired) electrons. The summed E-state index contributed by atoms with van der Waals surface area (Å²) >= 11 is 0. The summed E-state index contributed by atoms with van der Waals surface area (Å²) in [6.07, 6.45) is 1.34. The van der Waals surface area contributed by atoms with Crippen LogP contribution in [0.3, 0.4) is 0 Å². The van der Waals surface area contributed by atoms with Gasteiger partial charge in [-0.1, -0.05) is 13.8 Å². The predicted molar refractivity (Wildman–Crippen MR) is 79.5 cm³/mol. The van der Waals surface area contributed by atoms with Gasteiger partial charge in [0.2, 0.25) is 5.82 Å². The predicted octanol–water partition coefficient (Wildman–Crippen LogP) is 0.205. The quantitative estimate of drug-likeness (QED) is 0.677. The highest BCUT2D eigenvalue weighted by atomic mass is 16.5. The van der Waals surface area contributed by atoms with E-state index in [9.17, 15) is 14.7 Å². The van der Waals surface area contributed by atoms with Crippen molar-refractivity contribution in [3.63, 3.8) is 0 Å². The largest absolute Gasteiger partial charge is 0.505 e. The number of amides is 1. The van der Waals surface area contributed by atoms with Crippen LogP contribution >= 0.6 is 0 Å². The zero-order valence-electron chi connectivity index (χ0n) is 13.2. The van der Waals surface area contributed by atoms with Gasteiger partial charge in [0.25, 0.3) is 5.91 Å². The van der Waals surface area contributed by atoms with Gasteiger partial charge in [0.05, 0.1) is 7.11 Å². The van der Waals surface area contributed by atoms with Crippen molar-refractivity contribution in [3.05, 3.63) is 17.5 Å². The second-order valence-corrected chi connectivity index (χ2v) is 3.99. The summed E-state index contributed by atoms with van der Waals surface area (Å²) < 4.78 is 4.40. The van der Waals surface area contributed by atoms with E-state index in [1.165, 1.54) is 13.3 Å². The van der Waals surface area contributed by atoms with Crippen LogP contribution < -0.4 is 5.32 Å². The molecular weight excluding hydrogens is 304 g/mol. The van der Waals surface area contributed by atoms with Crippen LogP contribution in [0.15, 0.2) is 6.20 Å². The number of nitrogens with zero attached hydrogens (tertiary/aromatic N) is 4. The number of carbonyl (C=O) groups is 2. The van der Waals surface area contributed by atoms with Crippen LogP contribution in [0.4, 0.5) is 0 Å². The Morgan fingerprint density at radius 3 is 2.65 bits per heavy atom. The Kier molecular flexibility index (Phi) is 6.59. The number of hydrogen-bond donors (Lipinski definition) is 3. The van der Waals surface area contributed by atoms with Gasteiger partial charge in [-0.25, -0.2) is 4.98 Å². The van der Waals surface area contributed by atoms with Gasteiger partial charge in [-0.15, -0.1) is 10.2 Å². The van der Waals surface area contributed by atoms with Crippen molar-refractivity contribution in [2.24, 2.45) is 0 Å². The van der Waals surface area contributed by atoms with Crippen LogP contribution in [0.1, 0.15) is 29.9 Å². The standard InChI is InChI=1S/C11H12N6O4.C2H6/c1-5-6(10-14-16-17-15-10)3-12-8(9(5)19)11(20)13-4-7(18)21-2;1-2/h3,19H,4H2,1-2H3,(H,13,20)(H,14,15,16,17);1-2H3. The Bertz CT molecular complexity index is 671. The Hall–Kier alpha value is -3.04. The van der Waals surface area contributed by atoms with Crippen molar-refractivity contribution in [2.45, 2.75) is 20.8 Å². The third-order valence-electron chi connectivity index (χ3n) is 2.73. The highest BCUT2D eigenvalue weighted by Gasteiger charge is 2.19. The van der Waals surface area contributed by atoms with E-state index in [0.29, 0.717) is 11.1 Å². The minimum atomic E-state index is -0.694. The van der Waals surface area contributed by atoms with Gasteiger partial charge >= 0.3 is 5.97 Å². The highest BCUT2D eigenvalue weighted by molar-refractivity contribution is 5.97. The molecule has 0 atom stereocenters. The highest BCUT2D eigenvalue weighted by Crippen LogP contribution is 2.28. The molecule has 3 N–H and O–H groups in total. The first kappa shape index (κ1) is 18.0. The number of esters is 1. The lowest BCUT2D eigenvalue weighted by Crippen LogP contribution is -2.30. The van der Waals surface area contributed by atoms with Gasteiger partial charge in [0, 0.05) is 17.3 Å². The van der Waals surface area contributed by atoms with Crippen LogP contribution in [0.2, 0.25) is 0 Å². The SMILES string of the molecule is CC.COC(=O)CNC(=O)c1ncc(-c2nn[nH]n2)c(C)c1O. The van der Waals surface area contributed by atoms with Gasteiger partial charge in [0.1, 0.15) is 6.54 Å². The molecule has 0 bridgehead atoms. The number of aromatic nitrogens is 5. The van der Waals surface area contributed by atoms with E-state index >= 15 is 0 Å². The van der Waals surface area contributed by atoms with E-state index in [4.69, 9.17) is 0 Å². The zero-order valence-corrected chi connectivity index (χ0v) is 13.2. The second-order valence-electron chi connectivity index (χ2n) is 3.99. The minimum Gasteiger partial charge on any atom is -0.505 e. The molecule has 0 spiro atoms. The Labute approximate surface area is 132 Å². The third-order valence-corrected chi connectivity index (χ3v) is 2.73. The second kappa shape index (κ2) is 8.41. The van der Waals surface area contributed by atoms with E-state index in [0.717, 1.165) is 0 Å². The molecule has 0 fully saturated rings. The number of nitrogens with one attached hydrogen (secondary N) is 2. The van der Waals surface area contributed by atoms with E-state index in [2.05, 4.69) is 35.7 Å². The summed E-state index contributed by atoms with van der Waals surface area (Å²) in [5.74, 6) is -1.37. The maximum absolute atomic E-state index is 11.8. The van der Waals surface area contributed by atoms with Gasteiger partial charge in [-0.2, -0.15) is 5.21 Å². The van der Waals surface area contributed by atoms with Crippen LogP contribution in [0, 0.1) is 6.92 Å². The fourth-order valence-corrected chi connectivity index (χ4v) is 1.57. The van der Waals surface area contributed by atoms with Gasteiger partial charge in [-0.3, -0.25) is 9.59 Å². The lowest BCUT2D eigenvalue weighted by Gasteiger charge is -2.09. The molecule has 0 unspecified atom stereocenters. The molecule has 0 aliphatic heterocycles. The van der Waals surface area contributed by atoms with E-state index in [1.807, 2.05) is 13.8 Å². The van der Waals surface area contributed by atoms with Gasteiger partial charge in [0.15, 0.2) is 11.4 Å². The fourth-order valence-electron chi connectivity index (χ4n) is 1.57. The number of hydrogen-bond acceptors (Lipinski definition) is 8. The summed E-state index contributed by atoms with van der Waals surface area (Å²) in [6, 6.07) is 0. The number of aromatic amines is 1. The molecule has 2 aromatic heterocycles. The van der Waals surface area contributed by atoms with Crippen molar-refractivity contribution < 1.29 is 19.4 Å². The molecule has 124 valence electrons. The molecule has 0 aromatic carbocycles. The van der Waals surface area contributed by atoms with Crippen molar-refractivity contribution in [2.75, 3.05) is 13.7 Å². The molecule has 2 heterocycles. The molecule has 0 saturated carbocycles. The normalized spacial score (nSPS) is 9.57. The zero-order chi connectivity index (χ0) is 17.4. The molecule has 1 amide bonds. The average Bonchev–Trinajstić information content (AvgIpc) is 3.10. The lowest BCUT2D eigenvalue weighted by atomic mass is 10.1. The Balaban J connectivity index is 0.00000127. The number of pyridine rings is 1. The van der Waals surface area contributed by atoms with E-state index in [1.54, 1.807) is 6.92 Å². The van der Waals surface area contributed by atoms with Crippen molar-refractivity contribution in [1.82, 2.24) is 30.9 Å². The first-order valence-electron chi connectivity index (χ1n) is 6.82. The van der Waals surface area contributed by atoms with Crippen molar-refractivity contribution in [3.8, 4) is 17.1 Å². The summed E-state index contributed by atoms with van der Waals surface area (Å²) in [4.78, 5) is 26.7. The molecule has 2 rings (SSSR count). The molecule has 0 saturated heterocycles. The number of tetrazole rings is 1. The molecule has 23 heavy (non-hydrogen) atoms. The summed E-state index contributed by atoms with van der Waals surface area (Å²) in [5, 5.41) is 25.6. The number of methoxy groups -OCH3 is 1. The number of rotatable bonds is 4. The third kappa shape index (κ3) is 4.22. The lowest BCUT2D eigenvalue weighted by molar-refractivity contribution is -0.139. The topological polar surface area (TPSA) is 143 Å². The van der Waals surface area contributed by atoms with E-state index in [-0.39, 0.29) is 23.8 Å². The first-order valence-corrected chi connectivity index (χ1v) is 6.82. The maximum Gasteiger partial charge on any atom is 0.325 e. The Morgan fingerprint density at radius 1 is 1.39 bits per heavy atom. The molecule has 10 nitrogen and oxygen atoms in total. The van der Waals surface area contributed by atoms with Crippen LogP contribution in [-0.2, 0) is 9.53 Å².